The molecule has 0 spiro atoms. The molecule has 0 radical (unpaired) electrons. The molecule has 3 heteroatoms. The Morgan fingerprint density at radius 3 is 2.62 bits per heavy atom. The van der Waals surface area contributed by atoms with Crippen molar-refractivity contribution < 1.29 is 9.84 Å². The third kappa shape index (κ3) is 1.59. The van der Waals surface area contributed by atoms with Gasteiger partial charge in [-0.05, 0) is 24.8 Å². The van der Waals surface area contributed by atoms with Crippen LogP contribution in [0.3, 0.4) is 0 Å². The average Bonchev–Trinajstić information content (AvgIpc) is 2.87. The number of hydrogen-bond acceptors (Lipinski definition) is 2. The van der Waals surface area contributed by atoms with Gasteiger partial charge in [0, 0.05) is 11.6 Å². The molecule has 2 rings (SSSR count). The Bertz CT molecular complexity index is 309. The fourth-order valence-electron chi connectivity index (χ4n) is 1.47. The minimum atomic E-state index is 0.256. The summed E-state index contributed by atoms with van der Waals surface area (Å²) in [6.07, 6.45) is 2.25. The van der Waals surface area contributed by atoms with Gasteiger partial charge in [-0.25, -0.2) is 0 Å². The van der Waals surface area contributed by atoms with Crippen LogP contribution in [0.5, 0.6) is 11.5 Å². The van der Waals surface area contributed by atoms with E-state index in [4.69, 9.17) is 16.3 Å². The van der Waals surface area contributed by atoms with Gasteiger partial charge >= 0.3 is 0 Å². The minimum Gasteiger partial charge on any atom is -0.507 e. The van der Waals surface area contributed by atoms with Gasteiger partial charge in [0.05, 0.1) is 12.1 Å². The molecular weight excluding hydrogens is 188 g/mol. The quantitative estimate of drug-likeness (QED) is 0.792. The molecule has 0 heterocycles. The molecule has 0 saturated heterocycles. The fourth-order valence-corrected chi connectivity index (χ4v) is 1.83. The number of methoxy groups -OCH3 is 1. The van der Waals surface area contributed by atoms with Crippen molar-refractivity contribution in [3.8, 4) is 11.5 Å². The summed E-state index contributed by atoms with van der Waals surface area (Å²) >= 11 is 6.01. The van der Waals surface area contributed by atoms with Crippen molar-refractivity contribution in [1.29, 1.82) is 0 Å². The molecule has 13 heavy (non-hydrogen) atoms. The number of ether oxygens (including phenoxy) is 1. The molecule has 1 aliphatic rings. The van der Waals surface area contributed by atoms with E-state index in [1.807, 2.05) is 0 Å². The van der Waals surface area contributed by atoms with Crippen LogP contribution in [0.15, 0.2) is 12.1 Å². The van der Waals surface area contributed by atoms with Gasteiger partial charge < -0.3 is 9.84 Å². The second-order valence-electron chi connectivity index (χ2n) is 3.32. The lowest BCUT2D eigenvalue weighted by Crippen LogP contribution is -1.87. The van der Waals surface area contributed by atoms with Crippen LogP contribution in [-0.2, 0) is 0 Å². The summed E-state index contributed by atoms with van der Waals surface area (Å²) in [6.45, 7) is 0. The first-order valence-electron chi connectivity index (χ1n) is 4.28. The van der Waals surface area contributed by atoms with E-state index in [0.717, 1.165) is 18.4 Å². The first kappa shape index (κ1) is 8.70. The second kappa shape index (κ2) is 3.11. The number of phenolic OH excluding ortho intramolecular Hbond substituents is 1. The summed E-state index contributed by atoms with van der Waals surface area (Å²) in [6, 6.07) is 3.36. The summed E-state index contributed by atoms with van der Waals surface area (Å²) in [7, 11) is 1.56. The third-order valence-electron chi connectivity index (χ3n) is 2.30. The zero-order valence-corrected chi connectivity index (χ0v) is 8.14. The summed E-state index contributed by atoms with van der Waals surface area (Å²) in [5, 5.41) is 10.3. The molecule has 1 aromatic rings. The van der Waals surface area contributed by atoms with Crippen LogP contribution >= 0.6 is 11.6 Å². The summed E-state index contributed by atoms with van der Waals surface area (Å²) < 4.78 is 4.99. The van der Waals surface area contributed by atoms with E-state index in [1.54, 1.807) is 19.2 Å². The molecule has 0 unspecified atom stereocenters. The number of rotatable bonds is 2. The van der Waals surface area contributed by atoms with Crippen molar-refractivity contribution >= 4 is 11.6 Å². The van der Waals surface area contributed by atoms with Crippen molar-refractivity contribution in [3.63, 3.8) is 0 Å². The Labute approximate surface area is 82.1 Å². The smallest absolute Gasteiger partial charge is 0.124 e. The van der Waals surface area contributed by atoms with E-state index >= 15 is 0 Å². The summed E-state index contributed by atoms with van der Waals surface area (Å²) in [5.74, 6) is 1.32. The molecule has 1 fully saturated rings. The largest absolute Gasteiger partial charge is 0.507 e. The zero-order valence-electron chi connectivity index (χ0n) is 7.38. The highest BCUT2D eigenvalue weighted by Crippen LogP contribution is 2.48. The lowest BCUT2D eigenvalue weighted by atomic mass is 10.1. The molecule has 0 bridgehead atoms. The van der Waals surface area contributed by atoms with E-state index < -0.39 is 0 Å². The highest BCUT2D eigenvalue weighted by atomic mass is 35.5. The van der Waals surface area contributed by atoms with E-state index in [-0.39, 0.29) is 5.75 Å². The maximum Gasteiger partial charge on any atom is 0.124 e. The minimum absolute atomic E-state index is 0.256. The van der Waals surface area contributed by atoms with Gasteiger partial charge in [-0.1, -0.05) is 11.6 Å². The summed E-state index contributed by atoms with van der Waals surface area (Å²) in [4.78, 5) is 0. The van der Waals surface area contributed by atoms with E-state index in [0.29, 0.717) is 16.7 Å². The number of benzene rings is 1. The number of halogens is 1. The maximum absolute atomic E-state index is 9.65. The van der Waals surface area contributed by atoms with Crippen LogP contribution in [0.4, 0.5) is 0 Å². The topological polar surface area (TPSA) is 29.5 Å². The first-order chi connectivity index (χ1) is 6.22. The SMILES string of the molecule is COc1cc(O)c(C2CC2)c(Cl)c1. The number of aromatic hydroxyl groups is 1. The Balaban J connectivity index is 2.44. The molecular formula is C10H11ClO2. The van der Waals surface area contributed by atoms with Crippen LogP contribution < -0.4 is 4.74 Å². The third-order valence-corrected chi connectivity index (χ3v) is 2.62. The second-order valence-corrected chi connectivity index (χ2v) is 3.72. The normalized spacial score (nSPS) is 15.8. The monoisotopic (exact) mass is 198 g/mol. The lowest BCUT2D eigenvalue weighted by Gasteiger charge is -2.07. The van der Waals surface area contributed by atoms with Gasteiger partial charge in [-0.15, -0.1) is 0 Å². The Kier molecular flexibility index (Phi) is 2.08. The van der Waals surface area contributed by atoms with Gasteiger partial charge in [0.1, 0.15) is 11.5 Å². The molecule has 0 aliphatic heterocycles. The molecule has 70 valence electrons. The van der Waals surface area contributed by atoms with E-state index in [1.165, 1.54) is 0 Å². The molecule has 1 aliphatic carbocycles. The molecule has 1 N–H and O–H groups in total. The molecule has 0 amide bonds. The van der Waals surface area contributed by atoms with Crippen molar-refractivity contribution in [2.75, 3.05) is 7.11 Å². The van der Waals surface area contributed by atoms with Crippen molar-refractivity contribution in [3.05, 3.63) is 22.7 Å². The van der Waals surface area contributed by atoms with E-state index in [2.05, 4.69) is 0 Å². The van der Waals surface area contributed by atoms with Crippen LogP contribution in [0.2, 0.25) is 5.02 Å². The van der Waals surface area contributed by atoms with Gasteiger partial charge in [0.15, 0.2) is 0 Å². The van der Waals surface area contributed by atoms with Gasteiger partial charge in [0.25, 0.3) is 0 Å². The Morgan fingerprint density at radius 2 is 2.15 bits per heavy atom. The highest BCUT2D eigenvalue weighted by molar-refractivity contribution is 6.31. The number of phenols is 1. The summed E-state index contributed by atoms with van der Waals surface area (Å²) in [5.41, 5.74) is 0.877. The highest BCUT2D eigenvalue weighted by Gasteiger charge is 2.28. The zero-order chi connectivity index (χ0) is 9.42. The van der Waals surface area contributed by atoms with Gasteiger partial charge in [0.2, 0.25) is 0 Å². The van der Waals surface area contributed by atoms with Crippen molar-refractivity contribution in [2.45, 2.75) is 18.8 Å². The Morgan fingerprint density at radius 1 is 1.46 bits per heavy atom. The lowest BCUT2D eigenvalue weighted by molar-refractivity contribution is 0.406. The molecule has 0 aromatic heterocycles. The molecule has 1 aromatic carbocycles. The van der Waals surface area contributed by atoms with Crippen LogP contribution in [-0.4, -0.2) is 12.2 Å². The van der Waals surface area contributed by atoms with Gasteiger partial charge in [-0.2, -0.15) is 0 Å². The van der Waals surface area contributed by atoms with Crippen LogP contribution in [0.25, 0.3) is 0 Å². The average molecular weight is 199 g/mol. The van der Waals surface area contributed by atoms with E-state index in [9.17, 15) is 5.11 Å². The molecule has 0 atom stereocenters. The Hall–Kier alpha value is -0.890. The van der Waals surface area contributed by atoms with Crippen LogP contribution in [0, 0.1) is 0 Å². The molecule has 2 nitrogen and oxygen atoms in total. The van der Waals surface area contributed by atoms with Crippen molar-refractivity contribution in [2.24, 2.45) is 0 Å². The van der Waals surface area contributed by atoms with Crippen molar-refractivity contribution in [1.82, 2.24) is 0 Å². The molecule has 1 saturated carbocycles. The number of hydrogen-bond donors (Lipinski definition) is 1. The van der Waals surface area contributed by atoms with Gasteiger partial charge in [-0.3, -0.25) is 0 Å². The maximum atomic E-state index is 9.65. The predicted molar refractivity (Wildman–Crippen MR) is 51.6 cm³/mol. The standard InChI is InChI=1S/C10H11ClO2/c1-13-7-4-8(11)10(6-2-3-6)9(12)5-7/h4-6,12H,2-3H2,1H3. The van der Waals surface area contributed by atoms with Crippen LogP contribution in [0.1, 0.15) is 24.3 Å². The first-order valence-corrected chi connectivity index (χ1v) is 4.66. The predicted octanol–water partition coefficient (Wildman–Crippen LogP) is 2.93. The fraction of sp³-hybridized carbons (Fsp3) is 0.400.